The maximum absolute atomic E-state index is 5.27. The Kier molecular flexibility index (Phi) is 7.06. The summed E-state index contributed by atoms with van der Waals surface area (Å²) in [5, 5.41) is 3.75. The molecule has 3 aromatic rings. The Balaban J connectivity index is 1.67. The van der Waals surface area contributed by atoms with Crippen LogP contribution in [0.1, 0.15) is 48.4 Å². The molecule has 3 rings (SSSR count). The summed E-state index contributed by atoms with van der Waals surface area (Å²) >= 11 is 0. The zero-order valence-corrected chi connectivity index (χ0v) is 16.3. The molecule has 0 heterocycles. The molecule has 0 saturated carbocycles. The van der Waals surface area contributed by atoms with Gasteiger partial charge in [0, 0.05) is 12.0 Å². The van der Waals surface area contributed by atoms with E-state index in [0.29, 0.717) is 12.0 Å². The second-order valence-corrected chi connectivity index (χ2v) is 6.85. The molecular formula is C25H29NO. The van der Waals surface area contributed by atoms with Gasteiger partial charge in [-0.2, -0.15) is 0 Å². The number of hydrogen-bond donors (Lipinski definition) is 1. The molecule has 2 heteroatoms. The molecule has 27 heavy (non-hydrogen) atoms. The molecule has 0 aliphatic heterocycles. The summed E-state index contributed by atoms with van der Waals surface area (Å²) in [7, 11) is 1.71. The lowest BCUT2D eigenvalue weighted by Crippen LogP contribution is -2.23. The monoisotopic (exact) mass is 359 g/mol. The summed E-state index contributed by atoms with van der Waals surface area (Å²) in [6, 6.07) is 30.4. The van der Waals surface area contributed by atoms with Crippen LogP contribution in [0.3, 0.4) is 0 Å². The van der Waals surface area contributed by atoms with Gasteiger partial charge in [-0.15, -0.1) is 0 Å². The highest BCUT2D eigenvalue weighted by Gasteiger charge is 2.15. The summed E-state index contributed by atoms with van der Waals surface area (Å²) in [6.45, 7) is 3.20. The van der Waals surface area contributed by atoms with Crippen molar-refractivity contribution in [1.29, 1.82) is 0 Å². The molecule has 0 fully saturated rings. The molecule has 0 aliphatic carbocycles. The highest BCUT2D eigenvalue weighted by atomic mass is 16.5. The van der Waals surface area contributed by atoms with Gasteiger partial charge in [0.2, 0.25) is 0 Å². The van der Waals surface area contributed by atoms with Crippen molar-refractivity contribution in [3.05, 3.63) is 102 Å². The first kappa shape index (κ1) is 19.2. The first-order valence-corrected chi connectivity index (χ1v) is 9.79. The van der Waals surface area contributed by atoms with Crippen molar-refractivity contribution >= 4 is 0 Å². The number of nitrogens with one attached hydrogen (secondary N) is 1. The summed E-state index contributed by atoms with van der Waals surface area (Å²) in [5.41, 5.74) is 4.07. The van der Waals surface area contributed by atoms with E-state index >= 15 is 0 Å². The van der Waals surface area contributed by atoms with Gasteiger partial charge < -0.3 is 10.1 Å². The molecule has 0 amide bonds. The van der Waals surface area contributed by atoms with Gasteiger partial charge in [0.25, 0.3) is 0 Å². The molecular weight excluding hydrogens is 330 g/mol. The lowest BCUT2D eigenvalue weighted by molar-refractivity contribution is 0.414. The number of benzene rings is 3. The fraction of sp³-hybridized carbons (Fsp3) is 0.280. The predicted octanol–water partition coefficient (Wildman–Crippen LogP) is 5.96. The first-order chi connectivity index (χ1) is 13.3. The van der Waals surface area contributed by atoms with Gasteiger partial charge in [-0.1, -0.05) is 79.7 Å². The Morgan fingerprint density at radius 1 is 0.741 bits per heavy atom. The van der Waals surface area contributed by atoms with E-state index in [2.05, 4.69) is 85.0 Å². The minimum absolute atomic E-state index is 0.364. The maximum atomic E-state index is 5.27. The summed E-state index contributed by atoms with van der Waals surface area (Å²) in [5.74, 6) is 1.31. The van der Waals surface area contributed by atoms with E-state index in [4.69, 9.17) is 4.74 Å². The maximum Gasteiger partial charge on any atom is 0.118 e. The fourth-order valence-electron chi connectivity index (χ4n) is 3.63. The second-order valence-electron chi connectivity index (χ2n) is 6.85. The third kappa shape index (κ3) is 5.21. The van der Waals surface area contributed by atoms with Crippen LogP contribution < -0.4 is 10.1 Å². The molecule has 0 aliphatic rings. The zero-order valence-electron chi connectivity index (χ0n) is 16.3. The van der Waals surface area contributed by atoms with Crippen molar-refractivity contribution in [2.75, 3.05) is 13.7 Å². The SMILES string of the molecule is CCC(NCCC(c1ccccc1)c1ccccc1)c1ccc(OC)cc1. The van der Waals surface area contributed by atoms with Crippen molar-refractivity contribution < 1.29 is 4.74 Å². The van der Waals surface area contributed by atoms with Crippen LogP contribution in [0.5, 0.6) is 5.75 Å². The molecule has 3 aromatic carbocycles. The van der Waals surface area contributed by atoms with Crippen LogP contribution in [-0.4, -0.2) is 13.7 Å². The van der Waals surface area contributed by atoms with E-state index in [1.807, 2.05) is 12.1 Å². The van der Waals surface area contributed by atoms with Crippen LogP contribution in [0, 0.1) is 0 Å². The van der Waals surface area contributed by atoms with E-state index in [1.165, 1.54) is 16.7 Å². The van der Waals surface area contributed by atoms with Crippen LogP contribution in [0.4, 0.5) is 0 Å². The average Bonchev–Trinajstić information content (AvgIpc) is 2.75. The minimum atomic E-state index is 0.364. The molecule has 1 unspecified atom stereocenters. The van der Waals surface area contributed by atoms with Gasteiger partial charge in [0.05, 0.1) is 7.11 Å². The fourth-order valence-corrected chi connectivity index (χ4v) is 3.63. The molecule has 2 nitrogen and oxygen atoms in total. The number of hydrogen-bond acceptors (Lipinski definition) is 2. The molecule has 1 atom stereocenters. The average molecular weight is 360 g/mol. The minimum Gasteiger partial charge on any atom is -0.497 e. The lowest BCUT2D eigenvalue weighted by Gasteiger charge is -2.22. The van der Waals surface area contributed by atoms with E-state index in [-0.39, 0.29) is 0 Å². The largest absolute Gasteiger partial charge is 0.497 e. The molecule has 140 valence electrons. The Morgan fingerprint density at radius 2 is 1.30 bits per heavy atom. The van der Waals surface area contributed by atoms with Crippen LogP contribution in [0.2, 0.25) is 0 Å². The quantitative estimate of drug-likeness (QED) is 0.509. The van der Waals surface area contributed by atoms with Crippen molar-refractivity contribution in [2.24, 2.45) is 0 Å². The van der Waals surface area contributed by atoms with Gasteiger partial charge in [-0.25, -0.2) is 0 Å². The summed E-state index contributed by atoms with van der Waals surface area (Å²) in [6.07, 6.45) is 2.13. The van der Waals surface area contributed by atoms with Crippen molar-refractivity contribution in [1.82, 2.24) is 5.32 Å². The number of rotatable bonds is 9. The van der Waals surface area contributed by atoms with Crippen LogP contribution in [-0.2, 0) is 0 Å². The Bertz CT molecular complexity index is 744. The van der Waals surface area contributed by atoms with Crippen LogP contribution >= 0.6 is 0 Å². The van der Waals surface area contributed by atoms with Gasteiger partial charge in [-0.3, -0.25) is 0 Å². The van der Waals surface area contributed by atoms with E-state index < -0.39 is 0 Å². The lowest BCUT2D eigenvalue weighted by atomic mass is 9.88. The number of ether oxygens (including phenoxy) is 1. The highest BCUT2D eigenvalue weighted by molar-refractivity contribution is 5.32. The summed E-state index contributed by atoms with van der Waals surface area (Å²) in [4.78, 5) is 0. The first-order valence-electron chi connectivity index (χ1n) is 9.79. The molecule has 0 spiro atoms. The molecule has 0 aromatic heterocycles. The molecule has 0 radical (unpaired) electrons. The van der Waals surface area contributed by atoms with E-state index in [9.17, 15) is 0 Å². The zero-order chi connectivity index (χ0) is 18.9. The Hall–Kier alpha value is -2.58. The Labute approximate surface area is 163 Å². The molecule has 0 bridgehead atoms. The van der Waals surface area contributed by atoms with E-state index in [0.717, 1.165) is 25.1 Å². The predicted molar refractivity (Wildman–Crippen MR) is 113 cm³/mol. The smallest absolute Gasteiger partial charge is 0.118 e. The van der Waals surface area contributed by atoms with E-state index in [1.54, 1.807) is 7.11 Å². The standard InChI is InChI=1S/C25H29NO/c1-3-25(22-14-16-23(27-2)17-15-22)26-19-18-24(20-10-6-4-7-11-20)21-12-8-5-9-13-21/h4-17,24-26H,3,18-19H2,1-2H3. The number of methoxy groups -OCH3 is 1. The molecule has 0 saturated heterocycles. The van der Waals surface area contributed by atoms with Crippen molar-refractivity contribution in [3.8, 4) is 5.75 Å². The van der Waals surface area contributed by atoms with Gasteiger partial charge in [-0.05, 0) is 48.2 Å². The molecule has 1 N–H and O–H groups in total. The second kappa shape index (κ2) is 9.94. The van der Waals surface area contributed by atoms with Gasteiger partial charge in [0.15, 0.2) is 0 Å². The van der Waals surface area contributed by atoms with Gasteiger partial charge in [0.1, 0.15) is 5.75 Å². The van der Waals surface area contributed by atoms with Gasteiger partial charge >= 0.3 is 0 Å². The van der Waals surface area contributed by atoms with Crippen molar-refractivity contribution in [3.63, 3.8) is 0 Å². The highest BCUT2D eigenvalue weighted by Crippen LogP contribution is 2.28. The summed E-state index contributed by atoms with van der Waals surface area (Å²) < 4.78 is 5.27. The third-order valence-electron chi connectivity index (χ3n) is 5.15. The Morgan fingerprint density at radius 3 is 1.78 bits per heavy atom. The van der Waals surface area contributed by atoms with Crippen molar-refractivity contribution in [2.45, 2.75) is 31.7 Å². The van der Waals surface area contributed by atoms with Crippen LogP contribution in [0.15, 0.2) is 84.9 Å². The normalized spacial score (nSPS) is 12.1. The topological polar surface area (TPSA) is 21.3 Å². The third-order valence-corrected chi connectivity index (χ3v) is 5.15. The van der Waals surface area contributed by atoms with Crippen LogP contribution in [0.25, 0.3) is 0 Å².